The summed E-state index contributed by atoms with van der Waals surface area (Å²) in [5.41, 5.74) is 2.06. The second kappa shape index (κ2) is 4.61. The van der Waals surface area contributed by atoms with Crippen LogP contribution in [-0.4, -0.2) is 12.8 Å². The quantitative estimate of drug-likeness (QED) is 0.790. The van der Waals surface area contributed by atoms with Crippen LogP contribution in [0.15, 0.2) is 24.3 Å². The average Bonchev–Trinajstić information content (AvgIpc) is 2.82. The van der Waals surface area contributed by atoms with E-state index in [0.29, 0.717) is 6.04 Å². The fourth-order valence-electron chi connectivity index (χ4n) is 3.60. The van der Waals surface area contributed by atoms with Crippen LogP contribution >= 0.6 is 0 Å². The lowest BCUT2D eigenvalue weighted by Gasteiger charge is -2.29. The molecule has 1 heterocycles. The van der Waals surface area contributed by atoms with E-state index in [1.807, 2.05) is 18.2 Å². The molecule has 2 heteroatoms. The van der Waals surface area contributed by atoms with Crippen LogP contribution in [0.2, 0.25) is 0 Å². The van der Waals surface area contributed by atoms with Gasteiger partial charge in [-0.05, 0) is 36.8 Å². The Balaban J connectivity index is 1.91. The third kappa shape index (κ3) is 1.91. The first-order chi connectivity index (χ1) is 8.40. The fourth-order valence-corrected chi connectivity index (χ4v) is 3.60. The van der Waals surface area contributed by atoms with Crippen molar-refractivity contribution in [1.82, 2.24) is 5.32 Å². The number of nitrogens with one attached hydrogen (secondary N) is 1. The minimum Gasteiger partial charge on any atom is -0.309 e. The number of carbonyl (C=O) groups excluding carboxylic acids is 1. The molecule has 1 aliphatic carbocycles. The summed E-state index contributed by atoms with van der Waals surface area (Å²) in [6, 6.07) is 8.43. The van der Waals surface area contributed by atoms with Gasteiger partial charge in [-0.25, -0.2) is 0 Å². The second-order valence-electron chi connectivity index (χ2n) is 5.34. The van der Waals surface area contributed by atoms with Crippen LogP contribution < -0.4 is 5.32 Å². The Kier molecular flexibility index (Phi) is 2.98. The summed E-state index contributed by atoms with van der Waals surface area (Å²) in [6.45, 7) is 1.13. The smallest absolute Gasteiger partial charge is 0.150 e. The van der Waals surface area contributed by atoms with Crippen molar-refractivity contribution in [3.8, 4) is 0 Å². The van der Waals surface area contributed by atoms with Crippen LogP contribution in [0.1, 0.15) is 47.6 Å². The number of rotatable bonds is 2. The van der Waals surface area contributed by atoms with Crippen LogP contribution in [0.25, 0.3) is 0 Å². The van der Waals surface area contributed by atoms with Gasteiger partial charge in [0.15, 0.2) is 0 Å². The predicted octanol–water partition coefficient (Wildman–Crippen LogP) is 2.95. The van der Waals surface area contributed by atoms with E-state index in [1.165, 1.54) is 31.2 Å². The van der Waals surface area contributed by atoms with E-state index in [2.05, 4.69) is 11.4 Å². The lowest BCUT2D eigenvalue weighted by Crippen LogP contribution is -2.21. The lowest BCUT2D eigenvalue weighted by atomic mass is 9.76. The predicted molar refractivity (Wildman–Crippen MR) is 68.0 cm³/mol. The summed E-state index contributed by atoms with van der Waals surface area (Å²) < 4.78 is 0. The van der Waals surface area contributed by atoms with Crippen LogP contribution in [0.5, 0.6) is 0 Å². The van der Waals surface area contributed by atoms with E-state index in [4.69, 9.17) is 0 Å². The summed E-state index contributed by atoms with van der Waals surface area (Å²) in [6.07, 6.45) is 6.40. The Bertz CT molecular complexity index is 415. The van der Waals surface area contributed by atoms with Gasteiger partial charge in [-0.2, -0.15) is 0 Å². The molecular weight excluding hydrogens is 210 g/mol. The third-order valence-electron chi connectivity index (χ3n) is 4.45. The molecule has 2 fully saturated rings. The van der Waals surface area contributed by atoms with Gasteiger partial charge in [0.05, 0.1) is 0 Å². The van der Waals surface area contributed by atoms with Gasteiger partial charge in [0, 0.05) is 11.6 Å². The van der Waals surface area contributed by atoms with Crippen molar-refractivity contribution in [2.24, 2.45) is 11.8 Å². The standard InChI is InChI=1S/C15H19NO/c17-10-12-6-2-4-8-14(12)15-13-7-3-1-5-11(13)9-16-15/h2,4,6,8,10-11,13,15-16H,1,3,5,7,9H2. The summed E-state index contributed by atoms with van der Waals surface area (Å²) >= 11 is 0. The molecule has 1 N–H and O–H groups in total. The molecule has 0 aromatic heterocycles. The number of aldehydes is 1. The van der Waals surface area contributed by atoms with Crippen molar-refractivity contribution in [3.05, 3.63) is 35.4 Å². The molecule has 3 atom stereocenters. The molecule has 17 heavy (non-hydrogen) atoms. The van der Waals surface area contributed by atoms with Crippen molar-refractivity contribution in [1.29, 1.82) is 0 Å². The Hall–Kier alpha value is -1.15. The van der Waals surface area contributed by atoms with Gasteiger partial charge in [-0.1, -0.05) is 37.1 Å². The van der Waals surface area contributed by atoms with E-state index < -0.39 is 0 Å². The zero-order valence-corrected chi connectivity index (χ0v) is 10.1. The topological polar surface area (TPSA) is 29.1 Å². The highest BCUT2D eigenvalue weighted by Crippen LogP contribution is 2.43. The van der Waals surface area contributed by atoms with E-state index in [9.17, 15) is 4.79 Å². The number of hydrogen-bond donors (Lipinski definition) is 1. The van der Waals surface area contributed by atoms with E-state index in [1.54, 1.807) is 0 Å². The van der Waals surface area contributed by atoms with Crippen LogP contribution in [-0.2, 0) is 0 Å². The fraction of sp³-hybridized carbons (Fsp3) is 0.533. The molecule has 3 rings (SSSR count). The molecule has 90 valence electrons. The molecule has 1 aromatic rings. The minimum absolute atomic E-state index is 0.404. The van der Waals surface area contributed by atoms with Crippen LogP contribution in [0, 0.1) is 11.8 Å². The first-order valence-corrected chi connectivity index (χ1v) is 6.67. The molecule has 0 bridgehead atoms. The van der Waals surface area contributed by atoms with E-state index in [0.717, 1.165) is 30.2 Å². The van der Waals surface area contributed by atoms with Crippen molar-refractivity contribution in [2.45, 2.75) is 31.7 Å². The van der Waals surface area contributed by atoms with Gasteiger partial charge in [0.25, 0.3) is 0 Å². The molecule has 0 spiro atoms. The molecule has 1 saturated carbocycles. The largest absolute Gasteiger partial charge is 0.309 e. The zero-order chi connectivity index (χ0) is 11.7. The van der Waals surface area contributed by atoms with Crippen LogP contribution in [0.4, 0.5) is 0 Å². The summed E-state index contributed by atoms with van der Waals surface area (Å²) in [4.78, 5) is 11.1. The second-order valence-corrected chi connectivity index (χ2v) is 5.34. The van der Waals surface area contributed by atoms with Crippen molar-refractivity contribution in [2.75, 3.05) is 6.54 Å². The molecule has 0 radical (unpaired) electrons. The van der Waals surface area contributed by atoms with Crippen molar-refractivity contribution >= 4 is 6.29 Å². The van der Waals surface area contributed by atoms with Gasteiger partial charge >= 0.3 is 0 Å². The molecule has 1 saturated heterocycles. The summed E-state index contributed by atoms with van der Waals surface area (Å²) in [7, 11) is 0. The Labute approximate surface area is 102 Å². The highest BCUT2D eigenvalue weighted by Gasteiger charge is 2.38. The monoisotopic (exact) mass is 229 g/mol. The van der Waals surface area contributed by atoms with Crippen molar-refractivity contribution < 1.29 is 4.79 Å². The molecule has 1 aromatic carbocycles. The van der Waals surface area contributed by atoms with Crippen molar-refractivity contribution in [3.63, 3.8) is 0 Å². The van der Waals surface area contributed by atoms with Gasteiger partial charge < -0.3 is 5.32 Å². The molecule has 1 aliphatic heterocycles. The van der Waals surface area contributed by atoms with Gasteiger partial charge in [0.2, 0.25) is 0 Å². The first-order valence-electron chi connectivity index (χ1n) is 6.67. The van der Waals surface area contributed by atoms with E-state index in [-0.39, 0.29) is 0 Å². The SMILES string of the molecule is O=Cc1ccccc1C1NCC2CCCCC21. The Morgan fingerprint density at radius 3 is 2.88 bits per heavy atom. The highest BCUT2D eigenvalue weighted by molar-refractivity contribution is 5.77. The van der Waals surface area contributed by atoms with Gasteiger partial charge in [-0.15, -0.1) is 0 Å². The normalized spacial score (nSPS) is 32.1. The Morgan fingerprint density at radius 1 is 1.18 bits per heavy atom. The maximum atomic E-state index is 11.1. The summed E-state index contributed by atoms with van der Waals surface area (Å²) in [5, 5.41) is 3.63. The number of carbonyl (C=O) groups is 1. The minimum atomic E-state index is 0.404. The molecular formula is C15H19NO. The van der Waals surface area contributed by atoms with Gasteiger partial charge in [-0.3, -0.25) is 4.79 Å². The highest BCUT2D eigenvalue weighted by atomic mass is 16.1. The van der Waals surface area contributed by atoms with Gasteiger partial charge in [0.1, 0.15) is 6.29 Å². The average molecular weight is 229 g/mol. The molecule has 3 unspecified atom stereocenters. The Morgan fingerprint density at radius 2 is 2.00 bits per heavy atom. The zero-order valence-electron chi connectivity index (χ0n) is 10.1. The maximum absolute atomic E-state index is 11.1. The summed E-state index contributed by atoms with van der Waals surface area (Å²) in [5.74, 6) is 1.57. The van der Waals surface area contributed by atoms with E-state index >= 15 is 0 Å². The lowest BCUT2D eigenvalue weighted by molar-refractivity contribution is 0.112. The maximum Gasteiger partial charge on any atom is 0.150 e. The number of hydrogen-bond acceptors (Lipinski definition) is 2. The number of benzene rings is 1. The van der Waals surface area contributed by atoms with Crippen LogP contribution in [0.3, 0.4) is 0 Å². The molecule has 2 aliphatic rings. The third-order valence-corrected chi connectivity index (χ3v) is 4.45. The molecule has 0 amide bonds. The first kappa shape index (κ1) is 11.0. The molecule has 2 nitrogen and oxygen atoms in total. The number of fused-ring (bicyclic) bond motifs is 1.